The van der Waals surface area contributed by atoms with Crippen LogP contribution in [-0.4, -0.2) is 33.6 Å². The third-order valence-electron chi connectivity index (χ3n) is 1.84. The molecule has 94 valence electrons. The molecule has 0 saturated heterocycles. The molecule has 0 aliphatic heterocycles. The van der Waals surface area contributed by atoms with Gasteiger partial charge in [-0.1, -0.05) is 11.6 Å². The van der Waals surface area contributed by atoms with Crippen molar-refractivity contribution in [1.82, 2.24) is 0 Å². The summed E-state index contributed by atoms with van der Waals surface area (Å²) in [7, 11) is 0. The lowest BCUT2D eigenvalue weighted by Gasteiger charge is -2.07. The second-order valence-corrected chi connectivity index (χ2v) is 4.61. The van der Waals surface area contributed by atoms with Crippen molar-refractivity contribution >= 4 is 29.1 Å². The van der Waals surface area contributed by atoms with Gasteiger partial charge in [-0.25, -0.2) is 4.39 Å². The van der Waals surface area contributed by atoms with Gasteiger partial charge >= 0.3 is 0 Å². The predicted octanol–water partition coefficient (Wildman–Crippen LogP) is 1.83. The highest BCUT2D eigenvalue weighted by Gasteiger charge is 2.19. The molecule has 0 amide bonds. The first-order valence-electron chi connectivity index (χ1n) is 4.51. The van der Waals surface area contributed by atoms with E-state index in [-0.39, 0.29) is 21.4 Å². The van der Waals surface area contributed by atoms with Crippen LogP contribution in [0.5, 0.6) is 0 Å². The number of benzene rings is 1. The Morgan fingerprint density at radius 1 is 1.59 bits per heavy atom. The van der Waals surface area contributed by atoms with E-state index in [1.807, 2.05) is 0 Å². The van der Waals surface area contributed by atoms with Crippen LogP contribution in [0.25, 0.3) is 0 Å². The number of nitro groups is 1. The zero-order valence-electron chi connectivity index (χ0n) is 8.47. The lowest BCUT2D eigenvalue weighted by molar-refractivity contribution is -0.387. The summed E-state index contributed by atoms with van der Waals surface area (Å²) in [5.41, 5.74) is -0.327. The molecule has 1 aromatic rings. The highest BCUT2D eigenvalue weighted by Crippen LogP contribution is 2.33. The molecule has 2 N–H and O–H groups in total. The maximum absolute atomic E-state index is 13.1. The average molecular weight is 282 g/mol. The summed E-state index contributed by atoms with van der Waals surface area (Å²) in [4.78, 5) is 10.1. The summed E-state index contributed by atoms with van der Waals surface area (Å²) < 4.78 is 13.1. The molecule has 0 aliphatic rings. The Hall–Kier alpha value is -0.890. The Morgan fingerprint density at radius 2 is 2.24 bits per heavy atom. The first-order valence-corrected chi connectivity index (χ1v) is 5.87. The monoisotopic (exact) mass is 281 g/mol. The van der Waals surface area contributed by atoms with Crippen molar-refractivity contribution in [3.63, 3.8) is 0 Å². The Kier molecular flexibility index (Phi) is 5.13. The van der Waals surface area contributed by atoms with Crippen LogP contribution in [0.3, 0.4) is 0 Å². The van der Waals surface area contributed by atoms with Crippen molar-refractivity contribution in [3.05, 3.63) is 33.1 Å². The van der Waals surface area contributed by atoms with E-state index in [0.717, 1.165) is 23.9 Å². The standard InChI is InChI=1S/C9H9ClFNO4S/c10-6-1-8(12(15)16)9(2-7(6)11)17-4-5(14)3-13/h1-2,5,13-14H,3-4H2. The lowest BCUT2D eigenvalue weighted by Crippen LogP contribution is -2.14. The quantitative estimate of drug-likeness (QED) is 0.489. The summed E-state index contributed by atoms with van der Waals surface area (Å²) in [5, 5.41) is 28.1. The van der Waals surface area contributed by atoms with Crippen molar-refractivity contribution in [2.45, 2.75) is 11.0 Å². The number of hydrogen-bond acceptors (Lipinski definition) is 5. The van der Waals surface area contributed by atoms with Crippen LogP contribution in [0, 0.1) is 15.9 Å². The second kappa shape index (κ2) is 6.15. The van der Waals surface area contributed by atoms with Gasteiger partial charge in [0.1, 0.15) is 5.82 Å². The van der Waals surface area contributed by atoms with E-state index in [4.69, 9.17) is 21.8 Å². The van der Waals surface area contributed by atoms with Gasteiger partial charge in [0.15, 0.2) is 0 Å². The first-order chi connectivity index (χ1) is 7.95. The topological polar surface area (TPSA) is 83.6 Å². The van der Waals surface area contributed by atoms with Crippen LogP contribution >= 0.6 is 23.4 Å². The molecule has 0 aliphatic carbocycles. The molecule has 8 heteroatoms. The summed E-state index contributed by atoms with van der Waals surface area (Å²) in [5.74, 6) is -0.739. The number of hydrogen-bond donors (Lipinski definition) is 2. The molecule has 1 atom stereocenters. The zero-order chi connectivity index (χ0) is 13.0. The van der Waals surface area contributed by atoms with Gasteiger partial charge in [-0.15, -0.1) is 11.8 Å². The van der Waals surface area contributed by atoms with Gasteiger partial charge in [-0.05, 0) is 6.07 Å². The van der Waals surface area contributed by atoms with E-state index in [1.165, 1.54) is 0 Å². The fourth-order valence-corrected chi connectivity index (χ4v) is 2.12. The highest BCUT2D eigenvalue weighted by molar-refractivity contribution is 7.99. The van der Waals surface area contributed by atoms with E-state index >= 15 is 0 Å². The SMILES string of the molecule is O=[N+]([O-])c1cc(Cl)c(F)cc1SCC(O)CO. The Bertz CT molecular complexity index is 432. The van der Waals surface area contributed by atoms with Crippen molar-refractivity contribution in [2.75, 3.05) is 12.4 Å². The predicted molar refractivity (Wildman–Crippen MR) is 61.9 cm³/mol. The van der Waals surface area contributed by atoms with E-state index in [9.17, 15) is 14.5 Å². The van der Waals surface area contributed by atoms with E-state index in [2.05, 4.69) is 0 Å². The van der Waals surface area contributed by atoms with Crippen molar-refractivity contribution in [1.29, 1.82) is 0 Å². The summed E-state index contributed by atoms with van der Waals surface area (Å²) >= 11 is 6.32. The molecule has 0 bridgehead atoms. The normalized spacial score (nSPS) is 12.5. The molecule has 1 aromatic carbocycles. The average Bonchev–Trinajstić information content (AvgIpc) is 2.29. The van der Waals surface area contributed by atoms with E-state index in [1.54, 1.807) is 0 Å². The van der Waals surface area contributed by atoms with Crippen LogP contribution in [0.2, 0.25) is 5.02 Å². The molecule has 0 radical (unpaired) electrons. The number of halogens is 2. The van der Waals surface area contributed by atoms with Gasteiger partial charge in [-0.2, -0.15) is 0 Å². The molecule has 0 fully saturated rings. The molecular formula is C9H9ClFNO4S. The van der Waals surface area contributed by atoms with Gasteiger partial charge in [0.2, 0.25) is 0 Å². The van der Waals surface area contributed by atoms with Crippen LogP contribution in [0.4, 0.5) is 10.1 Å². The molecule has 0 saturated carbocycles. The number of nitro benzene ring substituents is 1. The van der Waals surface area contributed by atoms with Crippen molar-refractivity contribution < 1.29 is 19.5 Å². The zero-order valence-corrected chi connectivity index (χ0v) is 10.0. The number of nitrogens with zero attached hydrogens (tertiary/aromatic N) is 1. The van der Waals surface area contributed by atoms with Gasteiger partial charge in [0, 0.05) is 11.8 Å². The minimum atomic E-state index is -1.02. The third-order valence-corrected chi connectivity index (χ3v) is 3.32. The van der Waals surface area contributed by atoms with Gasteiger partial charge in [0.05, 0.1) is 27.6 Å². The first kappa shape index (κ1) is 14.2. The number of thioether (sulfide) groups is 1. The largest absolute Gasteiger partial charge is 0.394 e. The molecule has 1 rings (SSSR count). The fraction of sp³-hybridized carbons (Fsp3) is 0.333. The molecule has 17 heavy (non-hydrogen) atoms. The lowest BCUT2D eigenvalue weighted by atomic mass is 10.3. The van der Waals surface area contributed by atoms with E-state index < -0.39 is 23.5 Å². The molecule has 0 aromatic heterocycles. The number of aliphatic hydroxyl groups excluding tert-OH is 2. The molecule has 0 heterocycles. The fourth-order valence-electron chi connectivity index (χ4n) is 1.02. The number of aliphatic hydroxyl groups is 2. The van der Waals surface area contributed by atoms with Crippen LogP contribution in [0.1, 0.15) is 0 Å². The van der Waals surface area contributed by atoms with Crippen molar-refractivity contribution in [2.24, 2.45) is 0 Å². The molecule has 0 spiro atoms. The highest BCUT2D eigenvalue weighted by atomic mass is 35.5. The maximum atomic E-state index is 13.1. The summed E-state index contributed by atoms with van der Waals surface area (Å²) in [6, 6.07) is 1.86. The number of rotatable bonds is 5. The summed E-state index contributed by atoms with van der Waals surface area (Å²) in [6.45, 7) is -0.461. The third kappa shape index (κ3) is 3.81. The Labute approximate surface area is 105 Å². The second-order valence-electron chi connectivity index (χ2n) is 3.14. The van der Waals surface area contributed by atoms with Crippen LogP contribution < -0.4 is 0 Å². The maximum Gasteiger partial charge on any atom is 0.284 e. The molecule has 1 unspecified atom stereocenters. The minimum absolute atomic E-state index is 0.0262. The van der Waals surface area contributed by atoms with Gasteiger partial charge in [0.25, 0.3) is 5.69 Å². The van der Waals surface area contributed by atoms with Crippen LogP contribution in [0.15, 0.2) is 17.0 Å². The van der Waals surface area contributed by atoms with Crippen LogP contribution in [-0.2, 0) is 0 Å². The van der Waals surface area contributed by atoms with E-state index in [0.29, 0.717) is 0 Å². The Balaban J connectivity index is 2.96. The molecular weight excluding hydrogens is 273 g/mol. The smallest absolute Gasteiger partial charge is 0.284 e. The minimum Gasteiger partial charge on any atom is -0.394 e. The van der Waals surface area contributed by atoms with Gasteiger partial charge in [-0.3, -0.25) is 10.1 Å². The Morgan fingerprint density at radius 3 is 2.76 bits per heavy atom. The molecule has 5 nitrogen and oxygen atoms in total. The summed E-state index contributed by atoms with van der Waals surface area (Å²) in [6.07, 6.45) is -1.02. The van der Waals surface area contributed by atoms with Gasteiger partial charge < -0.3 is 10.2 Å². The van der Waals surface area contributed by atoms with Crippen molar-refractivity contribution in [3.8, 4) is 0 Å².